The van der Waals surface area contributed by atoms with Crippen molar-refractivity contribution in [3.8, 4) is 0 Å². The lowest BCUT2D eigenvalue weighted by Crippen LogP contribution is -2.02. The fraction of sp³-hybridized carbons (Fsp3) is 0.182. The molecule has 2 aromatic rings. The molecular weight excluding hydrogens is 288 g/mol. The van der Waals surface area contributed by atoms with Gasteiger partial charge in [0.1, 0.15) is 5.02 Å². The Labute approximate surface area is 117 Å². The Morgan fingerprint density at radius 3 is 2.55 bits per heavy atom. The van der Waals surface area contributed by atoms with E-state index in [4.69, 9.17) is 11.6 Å². The standard InChI is InChI=1S/C11H9ClN4O4/c1-7-5-14(13-11(7)16(19)20)6-8-2-3-9(12)10(4-8)15(17)18/h2-5H,6H2,1H3. The molecule has 0 aliphatic rings. The summed E-state index contributed by atoms with van der Waals surface area (Å²) in [5.41, 5.74) is 0.805. The first-order valence-corrected chi connectivity index (χ1v) is 5.87. The number of halogens is 1. The van der Waals surface area contributed by atoms with Crippen molar-refractivity contribution in [1.29, 1.82) is 0 Å². The number of aromatic nitrogens is 2. The van der Waals surface area contributed by atoms with Crippen molar-refractivity contribution in [1.82, 2.24) is 9.78 Å². The Morgan fingerprint density at radius 2 is 2.00 bits per heavy atom. The molecule has 20 heavy (non-hydrogen) atoms. The Hall–Kier alpha value is -2.48. The summed E-state index contributed by atoms with van der Waals surface area (Å²) < 4.78 is 1.36. The Balaban J connectivity index is 2.31. The van der Waals surface area contributed by atoms with Crippen LogP contribution in [0.15, 0.2) is 24.4 Å². The monoisotopic (exact) mass is 296 g/mol. The van der Waals surface area contributed by atoms with Gasteiger partial charge in [-0.15, -0.1) is 0 Å². The molecule has 9 heteroatoms. The predicted octanol–water partition coefficient (Wildman–Crippen LogP) is 2.71. The maximum atomic E-state index is 10.8. The molecule has 104 valence electrons. The molecule has 0 spiro atoms. The van der Waals surface area contributed by atoms with E-state index in [0.29, 0.717) is 11.1 Å². The summed E-state index contributed by atoms with van der Waals surface area (Å²) in [7, 11) is 0. The van der Waals surface area contributed by atoms with E-state index in [1.807, 2.05) is 0 Å². The molecule has 0 bridgehead atoms. The highest BCUT2D eigenvalue weighted by atomic mass is 35.5. The summed E-state index contributed by atoms with van der Waals surface area (Å²) in [4.78, 5) is 20.3. The fourth-order valence-corrected chi connectivity index (χ4v) is 1.94. The number of hydrogen-bond acceptors (Lipinski definition) is 5. The maximum Gasteiger partial charge on any atom is 0.392 e. The van der Waals surface area contributed by atoms with E-state index in [0.717, 1.165) is 0 Å². The highest BCUT2D eigenvalue weighted by Gasteiger charge is 2.18. The molecule has 0 aliphatic carbocycles. The lowest BCUT2D eigenvalue weighted by atomic mass is 10.2. The minimum atomic E-state index is -0.581. The Morgan fingerprint density at radius 1 is 1.30 bits per heavy atom. The summed E-state index contributed by atoms with van der Waals surface area (Å²) >= 11 is 5.71. The molecule has 2 rings (SSSR count). The minimum absolute atomic E-state index is 0.0429. The van der Waals surface area contributed by atoms with Gasteiger partial charge in [-0.3, -0.25) is 10.1 Å². The third-order valence-corrected chi connectivity index (χ3v) is 2.96. The van der Waals surface area contributed by atoms with Gasteiger partial charge >= 0.3 is 5.82 Å². The molecule has 0 fully saturated rings. The molecular formula is C11H9ClN4O4. The number of nitro benzene ring substituents is 1. The van der Waals surface area contributed by atoms with Gasteiger partial charge in [0.05, 0.1) is 28.3 Å². The number of nitro groups is 2. The van der Waals surface area contributed by atoms with Crippen LogP contribution in [0.25, 0.3) is 0 Å². The second-order valence-electron chi connectivity index (χ2n) is 4.13. The molecule has 0 radical (unpaired) electrons. The molecule has 0 saturated heterocycles. The van der Waals surface area contributed by atoms with Gasteiger partial charge in [-0.2, -0.15) is 4.68 Å². The van der Waals surface area contributed by atoms with Gasteiger partial charge in [0.15, 0.2) is 0 Å². The largest absolute Gasteiger partial charge is 0.392 e. The first-order valence-electron chi connectivity index (χ1n) is 5.49. The SMILES string of the molecule is Cc1cn(Cc2ccc(Cl)c([N+](=O)[O-])c2)nc1[N+](=O)[O-]. The number of nitrogens with zero attached hydrogens (tertiary/aromatic N) is 4. The summed E-state index contributed by atoms with van der Waals surface area (Å²) in [6.07, 6.45) is 1.51. The predicted molar refractivity (Wildman–Crippen MR) is 70.8 cm³/mol. The van der Waals surface area contributed by atoms with Crippen LogP contribution in [-0.2, 0) is 6.54 Å². The van der Waals surface area contributed by atoms with Gasteiger partial charge in [-0.25, -0.2) is 0 Å². The van der Waals surface area contributed by atoms with Crippen molar-refractivity contribution < 1.29 is 9.85 Å². The normalized spacial score (nSPS) is 10.5. The van der Waals surface area contributed by atoms with Crippen LogP contribution in [0.1, 0.15) is 11.1 Å². The van der Waals surface area contributed by atoms with Crippen LogP contribution >= 0.6 is 11.6 Å². The van der Waals surface area contributed by atoms with Crippen LogP contribution in [0.3, 0.4) is 0 Å². The van der Waals surface area contributed by atoms with Gasteiger partial charge in [0, 0.05) is 6.07 Å². The van der Waals surface area contributed by atoms with Crippen molar-refractivity contribution in [2.75, 3.05) is 0 Å². The lowest BCUT2D eigenvalue weighted by molar-refractivity contribution is -0.390. The van der Waals surface area contributed by atoms with Crippen molar-refractivity contribution in [3.05, 3.63) is 60.8 Å². The van der Waals surface area contributed by atoms with Crippen LogP contribution in [0.2, 0.25) is 5.02 Å². The van der Waals surface area contributed by atoms with Crippen molar-refractivity contribution in [2.24, 2.45) is 0 Å². The zero-order chi connectivity index (χ0) is 14.9. The molecule has 8 nitrogen and oxygen atoms in total. The molecule has 0 unspecified atom stereocenters. The van der Waals surface area contributed by atoms with E-state index >= 15 is 0 Å². The zero-order valence-corrected chi connectivity index (χ0v) is 11.1. The van der Waals surface area contributed by atoms with Crippen LogP contribution in [0.5, 0.6) is 0 Å². The summed E-state index contributed by atoms with van der Waals surface area (Å²) in [6.45, 7) is 1.76. The zero-order valence-electron chi connectivity index (χ0n) is 10.3. The smallest absolute Gasteiger partial charge is 0.358 e. The Kier molecular flexibility index (Phi) is 3.66. The number of benzene rings is 1. The van der Waals surface area contributed by atoms with E-state index in [-0.39, 0.29) is 23.1 Å². The highest BCUT2D eigenvalue weighted by Crippen LogP contribution is 2.25. The van der Waals surface area contributed by atoms with Crippen LogP contribution in [0.4, 0.5) is 11.5 Å². The summed E-state index contributed by atoms with van der Waals surface area (Å²) in [5.74, 6) is -0.228. The van der Waals surface area contributed by atoms with E-state index in [1.165, 1.54) is 23.0 Å². The lowest BCUT2D eigenvalue weighted by Gasteiger charge is -2.00. The number of hydrogen-bond donors (Lipinski definition) is 0. The Bertz CT molecular complexity index is 698. The number of rotatable bonds is 4. The topological polar surface area (TPSA) is 104 Å². The van der Waals surface area contributed by atoms with Crippen molar-refractivity contribution in [2.45, 2.75) is 13.5 Å². The molecule has 0 N–H and O–H groups in total. The average Bonchev–Trinajstić information content (AvgIpc) is 2.72. The molecule has 1 aromatic carbocycles. The molecule has 1 heterocycles. The van der Waals surface area contributed by atoms with Gasteiger partial charge in [-0.1, -0.05) is 17.7 Å². The third kappa shape index (κ3) is 2.75. The first kappa shape index (κ1) is 13.9. The third-order valence-electron chi connectivity index (χ3n) is 2.64. The minimum Gasteiger partial charge on any atom is -0.358 e. The maximum absolute atomic E-state index is 10.8. The summed E-state index contributed by atoms with van der Waals surface area (Å²) in [5, 5.41) is 25.3. The van der Waals surface area contributed by atoms with Gasteiger partial charge in [-0.05, 0) is 23.5 Å². The average molecular weight is 297 g/mol. The van der Waals surface area contributed by atoms with Crippen molar-refractivity contribution >= 4 is 23.1 Å². The van der Waals surface area contributed by atoms with Crippen molar-refractivity contribution in [3.63, 3.8) is 0 Å². The molecule has 0 aliphatic heterocycles. The second kappa shape index (κ2) is 5.25. The fourth-order valence-electron chi connectivity index (χ4n) is 1.76. The molecule has 0 amide bonds. The van der Waals surface area contributed by atoms with E-state index in [9.17, 15) is 20.2 Å². The first-order chi connectivity index (χ1) is 9.38. The van der Waals surface area contributed by atoms with E-state index in [1.54, 1.807) is 13.0 Å². The molecule has 0 atom stereocenters. The van der Waals surface area contributed by atoms with Crippen LogP contribution < -0.4 is 0 Å². The van der Waals surface area contributed by atoms with Crippen LogP contribution in [0, 0.1) is 27.2 Å². The quantitative estimate of drug-likeness (QED) is 0.637. The summed E-state index contributed by atoms with van der Waals surface area (Å²) in [6, 6.07) is 4.35. The van der Waals surface area contributed by atoms with Gasteiger partial charge in [0.25, 0.3) is 5.69 Å². The number of aryl methyl sites for hydroxylation is 1. The van der Waals surface area contributed by atoms with Gasteiger partial charge < -0.3 is 10.1 Å². The van der Waals surface area contributed by atoms with Crippen LogP contribution in [-0.4, -0.2) is 19.6 Å². The molecule has 0 saturated carbocycles. The van der Waals surface area contributed by atoms with E-state index < -0.39 is 9.85 Å². The van der Waals surface area contributed by atoms with Gasteiger partial charge in [0.2, 0.25) is 0 Å². The highest BCUT2D eigenvalue weighted by molar-refractivity contribution is 6.32. The molecule has 1 aromatic heterocycles. The van der Waals surface area contributed by atoms with E-state index in [2.05, 4.69) is 5.10 Å². The second-order valence-corrected chi connectivity index (χ2v) is 4.54.